The van der Waals surface area contributed by atoms with Gasteiger partial charge in [-0.1, -0.05) is 62.9 Å². The SMILES string of the molecule is O=C(Nc1ccc(Br)cc1C(=O)c1ccccc1Cl)c1cc(Cl)cc(Cl)c1. The van der Waals surface area contributed by atoms with E-state index in [9.17, 15) is 9.59 Å². The van der Waals surface area contributed by atoms with Gasteiger partial charge in [0.1, 0.15) is 0 Å². The molecule has 0 spiro atoms. The number of benzene rings is 3. The molecule has 7 heteroatoms. The second kappa shape index (κ2) is 8.44. The van der Waals surface area contributed by atoms with Crippen molar-refractivity contribution in [1.82, 2.24) is 0 Å². The molecule has 0 saturated carbocycles. The van der Waals surface area contributed by atoms with Gasteiger partial charge in [-0.2, -0.15) is 0 Å². The van der Waals surface area contributed by atoms with E-state index < -0.39 is 5.91 Å². The molecule has 0 bridgehead atoms. The van der Waals surface area contributed by atoms with E-state index in [0.29, 0.717) is 36.4 Å². The Morgan fingerprint density at radius 1 is 0.815 bits per heavy atom. The molecule has 0 atom stereocenters. The standard InChI is InChI=1S/C20H11BrCl3NO2/c21-12-5-6-18(25-20(27)11-7-13(22)10-14(23)8-11)16(9-12)19(26)15-3-1-2-4-17(15)24/h1-10H,(H,25,27). The quantitative estimate of drug-likeness (QED) is 0.411. The number of amides is 1. The van der Waals surface area contributed by atoms with E-state index in [-0.39, 0.29) is 11.3 Å². The molecule has 3 rings (SSSR count). The number of nitrogens with one attached hydrogen (secondary N) is 1. The van der Waals surface area contributed by atoms with Crippen molar-refractivity contribution in [3.63, 3.8) is 0 Å². The minimum atomic E-state index is -0.435. The van der Waals surface area contributed by atoms with Crippen LogP contribution in [0, 0.1) is 0 Å². The van der Waals surface area contributed by atoms with Crippen molar-refractivity contribution in [3.8, 4) is 0 Å². The molecule has 0 aliphatic heterocycles. The molecule has 1 N–H and O–H groups in total. The highest BCUT2D eigenvalue weighted by atomic mass is 79.9. The fraction of sp³-hybridized carbons (Fsp3) is 0. The smallest absolute Gasteiger partial charge is 0.255 e. The topological polar surface area (TPSA) is 46.2 Å². The number of carbonyl (C=O) groups excluding carboxylic acids is 2. The van der Waals surface area contributed by atoms with Gasteiger partial charge in [0.05, 0.1) is 10.7 Å². The molecular weight excluding hydrogens is 472 g/mol. The number of rotatable bonds is 4. The Morgan fingerprint density at radius 3 is 2.15 bits per heavy atom. The number of hydrogen-bond acceptors (Lipinski definition) is 2. The summed E-state index contributed by atoms with van der Waals surface area (Å²) in [5.41, 5.74) is 1.29. The highest BCUT2D eigenvalue weighted by molar-refractivity contribution is 9.10. The van der Waals surface area contributed by atoms with Crippen molar-refractivity contribution in [1.29, 1.82) is 0 Å². The third-order valence-electron chi connectivity index (χ3n) is 3.72. The van der Waals surface area contributed by atoms with Gasteiger partial charge in [0.2, 0.25) is 0 Å². The summed E-state index contributed by atoms with van der Waals surface area (Å²) in [5, 5.41) is 3.76. The molecule has 27 heavy (non-hydrogen) atoms. The van der Waals surface area contributed by atoms with Crippen LogP contribution >= 0.6 is 50.7 Å². The third kappa shape index (κ3) is 4.71. The van der Waals surface area contributed by atoms with Crippen LogP contribution in [0.1, 0.15) is 26.3 Å². The highest BCUT2D eigenvalue weighted by Crippen LogP contribution is 2.28. The van der Waals surface area contributed by atoms with Crippen molar-refractivity contribution >= 4 is 68.1 Å². The summed E-state index contributed by atoms with van der Waals surface area (Å²) in [7, 11) is 0. The lowest BCUT2D eigenvalue weighted by molar-refractivity contribution is 0.102. The van der Waals surface area contributed by atoms with Crippen LogP contribution in [0.15, 0.2) is 65.1 Å². The lowest BCUT2D eigenvalue weighted by Gasteiger charge is -2.12. The molecule has 3 aromatic carbocycles. The van der Waals surface area contributed by atoms with Crippen LogP contribution in [0.2, 0.25) is 15.1 Å². The zero-order valence-electron chi connectivity index (χ0n) is 13.6. The normalized spacial score (nSPS) is 10.5. The fourth-order valence-electron chi connectivity index (χ4n) is 2.48. The van der Waals surface area contributed by atoms with Gasteiger partial charge in [-0.25, -0.2) is 0 Å². The average Bonchev–Trinajstić information content (AvgIpc) is 2.62. The van der Waals surface area contributed by atoms with Gasteiger partial charge in [-0.3, -0.25) is 9.59 Å². The van der Waals surface area contributed by atoms with Crippen LogP contribution in [-0.4, -0.2) is 11.7 Å². The molecule has 1 amide bonds. The van der Waals surface area contributed by atoms with Crippen LogP contribution in [-0.2, 0) is 0 Å². The maximum atomic E-state index is 13.0. The summed E-state index contributed by atoms with van der Waals surface area (Å²) in [6.07, 6.45) is 0. The third-order valence-corrected chi connectivity index (χ3v) is 4.98. The minimum absolute atomic E-state index is 0.284. The molecule has 0 fully saturated rings. The Hall–Kier alpha value is -1.85. The molecule has 0 heterocycles. The van der Waals surface area contributed by atoms with Gasteiger partial charge in [0.25, 0.3) is 5.91 Å². The van der Waals surface area contributed by atoms with Gasteiger partial charge in [0, 0.05) is 31.2 Å². The molecular formula is C20H11BrCl3NO2. The fourth-order valence-corrected chi connectivity index (χ4v) is 3.59. The summed E-state index contributed by atoms with van der Waals surface area (Å²) in [6, 6.07) is 16.3. The Bertz CT molecular complexity index is 1030. The first-order valence-corrected chi connectivity index (χ1v) is 9.64. The van der Waals surface area contributed by atoms with E-state index in [2.05, 4.69) is 21.2 Å². The largest absolute Gasteiger partial charge is 0.321 e. The predicted octanol–water partition coefficient (Wildman–Crippen LogP) is 6.89. The Balaban J connectivity index is 1.98. The maximum Gasteiger partial charge on any atom is 0.255 e. The van der Waals surface area contributed by atoms with E-state index in [4.69, 9.17) is 34.8 Å². The molecule has 0 unspecified atom stereocenters. The summed E-state index contributed by atoms with van der Waals surface area (Å²) in [4.78, 5) is 25.6. The van der Waals surface area contributed by atoms with E-state index in [1.807, 2.05) is 0 Å². The van der Waals surface area contributed by atoms with Crippen molar-refractivity contribution in [3.05, 3.63) is 96.9 Å². The Kier molecular flexibility index (Phi) is 6.22. The lowest BCUT2D eigenvalue weighted by atomic mass is 10.0. The van der Waals surface area contributed by atoms with Gasteiger partial charge in [-0.05, 0) is 48.5 Å². The molecule has 0 saturated heterocycles. The van der Waals surface area contributed by atoms with Crippen LogP contribution in [0.5, 0.6) is 0 Å². The highest BCUT2D eigenvalue weighted by Gasteiger charge is 2.19. The lowest BCUT2D eigenvalue weighted by Crippen LogP contribution is -2.15. The van der Waals surface area contributed by atoms with Crippen molar-refractivity contribution in [2.45, 2.75) is 0 Å². The van der Waals surface area contributed by atoms with Gasteiger partial charge < -0.3 is 5.32 Å². The summed E-state index contributed by atoms with van der Waals surface area (Å²) in [5.74, 6) is -0.740. The first-order valence-electron chi connectivity index (χ1n) is 7.71. The predicted molar refractivity (Wildman–Crippen MR) is 113 cm³/mol. The van der Waals surface area contributed by atoms with Crippen molar-refractivity contribution in [2.75, 3.05) is 5.32 Å². The number of anilines is 1. The number of carbonyl (C=O) groups is 2. The maximum absolute atomic E-state index is 13.0. The molecule has 3 nitrogen and oxygen atoms in total. The first-order chi connectivity index (χ1) is 12.8. The Morgan fingerprint density at radius 2 is 1.48 bits per heavy atom. The second-order valence-electron chi connectivity index (χ2n) is 5.61. The molecule has 3 aromatic rings. The summed E-state index contributed by atoms with van der Waals surface area (Å²) < 4.78 is 0.696. The zero-order chi connectivity index (χ0) is 19.6. The number of halogens is 4. The van der Waals surface area contributed by atoms with Crippen LogP contribution in [0.4, 0.5) is 5.69 Å². The Labute approximate surface area is 179 Å². The minimum Gasteiger partial charge on any atom is -0.321 e. The summed E-state index contributed by atoms with van der Waals surface area (Å²) in [6.45, 7) is 0. The van der Waals surface area contributed by atoms with Crippen LogP contribution in [0.3, 0.4) is 0 Å². The summed E-state index contributed by atoms with van der Waals surface area (Å²) >= 11 is 21.4. The molecule has 136 valence electrons. The van der Waals surface area contributed by atoms with Crippen LogP contribution < -0.4 is 5.32 Å². The second-order valence-corrected chi connectivity index (χ2v) is 7.81. The van der Waals surface area contributed by atoms with E-state index in [1.165, 1.54) is 18.2 Å². The van der Waals surface area contributed by atoms with Gasteiger partial charge in [0.15, 0.2) is 5.78 Å². The molecule has 0 aromatic heterocycles. The van der Waals surface area contributed by atoms with Gasteiger partial charge in [-0.15, -0.1) is 0 Å². The van der Waals surface area contributed by atoms with Crippen molar-refractivity contribution in [2.24, 2.45) is 0 Å². The number of hydrogen-bond donors (Lipinski definition) is 1. The van der Waals surface area contributed by atoms with E-state index in [0.717, 1.165) is 0 Å². The van der Waals surface area contributed by atoms with Crippen LogP contribution in [0.25, 0.3) is 0 Å². The monoisotopic (exact) mass is 481 g/mol. The van der Waals surface area contributed by atoms with Gasteiger partial charge >= 0.3 is 0 Å². The average molecular weight is 484 g/mol. The molecule has 0 aliphatic carbocycles. The van der Waals surface area contributed by atoms with Crippen molar-refractivity contribution < 1.29 is 9.59 Å². The first kappa shape index (κ1) is 19.9. The zero-order valence-corrected chi connectivity index (χ0v) is 17.5. The molecule has 0 radical (unpaired) electrons. The van der Waals surface area contributed by atoms with E-state index >= 15 is 0 Å². The van der Waals surface area contributed by atoms with E-state index in [1.54, 1.807) is 42.5 Å². The molecule has 0 aliphatic rings. The number of ketones is 1.